The number of nitrogens with zero attached hydrogens (tertiary/aromatic N) is 1. The molecular formula is C28H25ClN2O2S. The van der Waals surface area contributed by atoms with Crippen molar-refractivity contribution in [1.29, 1.82) is 0 Å². The molecule has 6 heteroatoms. The Kier molecular flexibility index (Phi) is 6.75. The highest BCUT2D eigenvalue weighted by Crippen LogP contribution is 2.39. The Morgan fingerprint density at radius 3 is 2.59 bits per heavy atom. The van der Waals surface area contributed by atoms with E-state index in [-0.39, 0.29) is 11.8 Å². The van der Waals surface area contributed by atoms with Gasteiger partial charge in [0.2, 0.25) is 0 Å². The number of nitrogens with one attached hydrogen (secondary N) is 1. The number of piperidine rings is 1. The molecule has 1 fully saturated rings. The van der Waals surface area contributed by atoms with Crippen LogP contribution in [0.5, 0.6) is 0 Å². The summed E-state index contributed by atoms with van der Waals surface area (Å²) in [6, 6.07) is 23.5. The smallest absolute Gasteiger partial charge is 0.262 e. The SMILES string of the molecule is O=C1Nc2cc(C(=O)N3CCC(Cc4ccccc4)CC3)ccc2S/C1=C/c1cccc(Cl)c1. The zero-order valence-electron chi connectivity index (χ0n) is 18.7. The fraction of sp³-hybridized carbons (Fsp3) is 0.214. The molecule has 2 aliphatic heterocycles. The van der Waals surface area contributed by atoms with Crippen LogP contribution in [0.3, 0.4) is 0 Å². The van der Waals surface area contributed by atoms with Crippen LogP contribution in [0.15, 0.2) is 82.6 Å². The fourth-order valence-electron chi connectivity index (χ4n) is 4.51. The number of carbonyl (C=O) groups excluding carboxylic acids is 2. The van der Waals surface area contributed by atoms with E-state index in [4.69, 9.17) is 11.6 Å². The first-order valence-corrected chi connectivity index (χ1v) is 12.7. The number of amides is 2. The van der Waals surface area contributed by atoms with E-state index in [1.165, 1.54) is 17.3 Å². The molecule has 172 valence electrons. The number of rotatable bonds is 4. The van der Waals surface area contributed by atoms with Gasteiger partial charge in [-0.3, -0.25) is 9.59 Å². The van der Waals surface area contributed by atoms with Crippen molar-refractivity contribution in [3.63, 3.8) is 0 Å². The van der Waals surface area contributed by atoms with Gasteiger partial charge in [-0.25, -0.2) is 0 Å². The summed E-state index contributed by atoms with van der Waals surface area (Å²) in [5.41, 5.74) is 3.53. The normalized spacial score (nSPS) is 17.4. The van der Waals surface area contributed by atoms with Crippen molar-refractivity contribution in [2.24, 2.45) is 5.92 Å². The van der Waals surface area contributed by atoms with Crippen molar-refractivity contribution in [2.75, 3.05) is 18.4 Å². The Bertz CT molecular complexity index is 1250. The van der Waals surface area contributed by atoms with Crippen LogP contribution in [-0.4, -0.2) is 29.8 Å². The van der Waals surface area contributed by atoms with Crippen molar-refractivity contribution in [2.45, 2.75) is 24.2 Å². The van der Waals surface area contributed by atoms with Gasteiger partial charge in [-0.05, 0) is 72.7 Å². The van der Waals surface area contributed by atoms with Crippen LogP contribution in [0.4, 0.5) is 5.69 Å². The van der Waals surface area contributed by atoms with Gasteiger partial charge < -0.3 is 10.2 Å². The van der Waals surface area contributed by atoms with Crippen LogP contribution in [-0.2, 0) is 11.2 Å². The van der Waals surface area contributed by atoms with Crippen LogP contribution in [0.25, 0.3) is 6.08 Å². The van der Waals surface area contributed by atoms with Crippen LogP contribution in [0.1, 0.15) is 34.3 Å². The first-order chi connectivity index (χ1) is 16.5. The highest BCUT2D eigenvalue weighted by Gasteiger charge is 2.26. The first-order valence-electron chi connectivity index (χ1n) is 11.5. The zero-order chi connectivity index (χ0) is 23.5. The second kappa shape index (κ2) is 10.1. The molecule has 0 spiro atoms. The predicted octanol–water partition coefficient (Wildman–Crippen LogP) is 6.52. The van der Waals surface area contributed by atoms with Gasteiger partial charge >= 0.3 is 0 Å². The number of benzene rings is 3. The topological polar surface area (TPSA) is 49.4 Å². The molecule has 2 heterocycles. The van der Waals surface area contributed by atoms with Gasteiger partial charge in [0.1, 0.15) is 0 Å². The first kappa shape index (κ1) is 22.8. The zero-order valence-corrected chi connectivity index (χ0v) is 20.2. The standard InChI is InChI=1S/C28H25ClN2O2S/c29-23-8-4-7-21(16-23)17-26-27(32)30-24-18-22(9-10-25(24)34-26)28(33)31-13-11-20(12-14-31)15-19-5-2-1-3-6-19/h1-10,16-18,20H,11-15H2,(H,30,32)/b26-17+. The Morgan fingerprint density at radius 2 is 1.82 bits per heavy atom. The maximum atomic E-state index is 13.2. The maximum Gasteiger partial charge on any atom is 0.262 e. The summed E-state index contributed by atoms with van der Waals surface area (Å²) in [4.78, 5) is 29.3. The summed E-state index contributed by atoms with van der Waals surface area (Å²) in [7, 11) is 0. The Labute approximate surface area is 209 Å². The van der Waals surface area contributed by atoms with E-state index in [2.05, 4.69) is 29.6 Å². The lowest BCUT2D eigenvalue weighted by atomic mass is 9.90. The largest absolute Gasteiger partial charge is 0.339 e. The average molecular weight is 489 g/mol. The van der Waals surface area contributed by atoms with Gasteiger partial charge in [-0.2, -0.15) is 0 Å². The summed E-state index contributed by atoms with van der Waals surface area (Å²) < 4.78 is 0. The molecule has 1 N–H and O–H groups in total. The molecular weight excluding hydrogens is 464 g/mol. The predicted molar refractivity (Wildman–Crippen MR) is 139 cm³/mol. The molecule has 2 aliphatic rings. The number of carbonyl (C=O) groups is 2. The van der Waals surface area contributed by atoms with Gasteiger partial charge in [-0.1, -0.05) is 65.8 Å². The van der Waals surface area contributed by atoms with Crippen molar-refractivity contribution in [3.05, 3.63) is 99.4 Å². The summed E-state index contributed by atoms with van der Waals surface area (Å²) in [6.45, 7) is 1.53. The quantitative estimate of drug-likeness (QED) is 0.425. The summed E-state index contributed by atoms with van der Waals surface area (Å²) >= 11 is 7.47. The minimum Gasteiger partial charge on any atom is -0.339 e. The molecule has 3 aromatic rings. The van der Waals surface area contributed by atoms with E-state index >= 15 is 0 Å². The highest BCUT2D eigenvalue weighted by molar-refractivity contribution is 8.04. The van der Waals surface area contributed by atoms with Gasteiger partial charge in [0, 0.05) is 28.6 Å². The highest BCUT2D eigenvalue weighted by atomic mass is 35.5. The van der Waals surface area contributed by atoms with Gasteiger partial charge in [0.05, 0.1) is 10.6 Å². The summed E-state index contributed by atoms with van der Waals surface area (Å²) in [6.07, 6.45) is 4.91. The van der Waals surface area contributed by atoms with Crippen molar-refractivity contribution in [1.82, 2.24) is 4.90 Å². The van der Waals surface area contributed by atoms with E-state index < -0.39 is 0 Å². The molecule has 0 bridgehead atoms. The van der Waals surface area contributed by atoms with Crippen LogP contribution in [0.2, 0.25) is 5.02 Å². The molecule has 5 rings (SSSR count). The number of anilines is 1. The van der Waals surface area contributed by atoms with E-state index in [1.54, 1.807) is 12.1 Å². The van der Waals surface area contributed by atoms with Crippen molar-refractivity contribution >= 4 is 46.9 Å². The molecule has 3 aromatic carbocycles. The third-order valence-electron chi connectivity index (χ3n) is 6.33. The molecule has 2 amide bonds. The Morgan fingerprint density at radius 1 is 1.03 bits per heavy atom. The van der Waals surface area contributed by atoms with Gasteiger partial charge in [0.25, 0.3) is 11.8 Å². The fourth-order valence-corrected chi connectivity index (χ4v) is 5.64. The van der Waals surface area contributed by atoms with Crippen molar-refractivity contribution < 1.29 is 9.59 Å². The molecule has 0 saturated carbocycles. The number of hydrogen-bond donors (Lipinski definition) is 1. The number of halogens is 1. The van der Waals surface area contributed by atoms with Crippen LogP contribution < -0.4 is 5.32 Å². The van der Waals surface area contributed by atoms with Gasteiger partial charge in [0.15, 0.2) is 0 Å². The van der Waals surface area contributed by atoms with E-state index in [1.807, 2.05) is 47.4 Å². The molecule has 34 heavy (non-hydrogen) atoms. The third-order valence-corrected chi connectivity index (χ3v) is 7.67. The van der Waals surface area contributed by atoms with E-state index in [9.17, 15) is 9.59 Å². The molecule has 0 atom stereocenters. The van der Waals surface area contributed by atoms with Crippen LogP contribution in [0, 0.1) is 5.92 Å². The second-order valence-corrected chi connectivity index (χ2v) is 10.3. The lowest BCUT2D eigenvalue weighted by molar-refractivity contribution is -0.112. The third kappa shape index (κ3) is 5.21. The van der Waals surface area contributed by atoms with Crippen molar-refractivity contribution in [3.8, 4) is 0 Å². The number of fused-ring (bicyclic) bond motifs is 1. The maximum absolute atomic E-state index is 13.2. The van der Waals surface area contributed by atoms with Gasteiger partial charge in [-0.15, -0.1) is 0 Å². The minimum atomic E-state index is -0.177. The molecule has 0 radical (unpaired) electrons. The molecule has 0 unspecified atom stereocenters. The number of hydrogen-bond acceptors (Lipinski definition) is 3. The molecule has 1 saturated heterocycles. The number of likely N-dealkylation sites (tertiary alicyclic amines) is 1. The van der Waals surface area contributed by atoms with Crippen LogP contribution >= 0.6 is 23.4 Å². The average Bonchev–Trinajstić information content (AvgIpc) is 2.85. The Balaban J connectivity index is 1.24. The minimum absolute atomic E-state index is 0.0282. The monoisotopic (exact) mass is 488 g/mol. The summed E-state index contributed by atoms with van der Waals surface area (Å²) in [5.74, 6) is 0.458. The molecule has 0 aromatic heterocycles. The Hall–Kier alpha value is -3.02. The summed E-state index contributed by atoms with van der Waals surface area (Å²) in [5, 5.41) is 3.57. The number of thioether (sulfide) groups is 1. The second-order valence-electron chi connectivity index (χ2n) is 8.76. The lowest BCUT2D eigenvalue weighted by Gasteiger charge is -2.32. The van der Waals surface area contributed by atoms with E-state index in [0.717, 1.165) is 42.8 Å². The molecule has 0 aliphatic carbocycles. The molecule has 4 nitrogen and oxygen atoms in total. The van der Waals surface area contributed by atoms with E-state index in [0.29, 0.717) is 27.1 Å². The lowest BCUT2D eigenvalue weighted by Crippen LogP contribution is -2.39.